The molecule has 4 rings (SSSR count). The number of hydrogen-bond donors (Lipinski definition) is 0. The Kier molecular flexibility index (Phi) is 8.71. The van der Waals surface area contributed by atoms with E-state index in [1.165, 1.54) is 23.8 Å². The van der Waals surface area contributed by atoms with Gasteiger partial charge in [-0.25, -0.2) is 4.79 Å². The average Bonchev–Trinajstić information content (AvgIpc) is 3.11. The van der Waals surface area contributed by atoms with Gasteiger partial charge in [-0.05, 0) is 66.9 Å². The fourth-order valence-electron chi connectivity index (χ4n) is 4.36. The molecule has 1 heterocycles. The lowest BCUT2D eigenvalue weighted by Gasteiger charge is -2.22. The summed E-state index contributed by atoms with van der Waals surface area (Å²) in [5, 5.41) is 0. The highest BCUT2D eigenvalue weighted by Crippen LogP contribution is 2.16. The number of carbonyl (C=O) groups is 1. The van der Waals surface area contributed by atoms with Gasteiger partial charge in [0.2, 0.25) is 0 Å². The molecular weight excluding hydrogens is 424 g/mol. The van der Waals surface area contributed by atoms with Crippen LogP contribution in [0.15, 0.2) is 78.9 Å². The minimum Gasteiger partial charge on any atom is -0.492 e. The van der Waals surface area contributed by atoms with Crippen LogP contribution in [-0.4, -0.2) is 62.2 Å². The van der Waals surface area contributed by atoms with Gasteiger partial charge in [0.25, 0.3) is 0 Å². The van der Waals surface area contributed by atoms with Gasteiger partial charge in [0.1, 0.15) is 12.4 Å². The summed E-state index contributed by atoms with van der Waals surface area (Å²) in [7, 11) is 1.41. The van der Waals surface area contributed by atoms with Crippen LogP contribution in [0.5, 0.6) is 5.75 Å². The summed E-state index contributed by atoms with van der Waals surface area (Å²) in [6, 6.07) is 26.7. The van der Waals surface area contributed by atoms with E-state index in [-0.39, 0.29) is 5.97 Å². The Morgan fingerprint density at radius 2 is 1.41 bits per heavy atom. The predicted molar refractivity (Wildman–Crippen MR) is 135 cm³/mol. The highest BCUT2D eigenvalue weighted by molar-refractivity contribution is 5.89. The number of nitrogens with zero attached hydrogens (tertiary/aromatic N) is 2. The molecule has 1 saturated heterocycles. The van der Waals surface area contributed by atoms with Gasteiger partial charge in [0.15, 0.2) is 0 Å². The molecule has 1 aliphatic rings. The summed E-state index contributed by atoms with van der Waals surface area (Å²) in [4.78, 5) is 16.6. The maximum absolute atomic E-state index is 11.6. The van der Waals surface area contributed by atoms with E-state index >= 15 is 0 Å². The van der Waals surface area contributed by atoms with Gasteiger partial charge in [-0.3, -0.25) is 9.80 Å². The number of carbonyl (C=O) groups excluding carboxylic acids is 1. The van der Waals surface area contributed by atoms with Gasteiger partial charge in [0.05, 0.1) is 12.7 Å². The first-order valence-electron chi connectivity index (χ1n) is 12.1. The maximum atomic E-state index is 11.6. The molecule has 0 unspecified atom stereocenters. The molecule has 0 radical (unpaired) electrons. The van der Waals surface area contributed by atoms with Crippen molar-refractivity contribution in [3.05, 3.63) is 101 Å². The van der Waals surface area contributed by atoms with Crippen LogP contribution >= 0.6 is 0 Å². The molecule has 178 valence electrons. The smallest absolute Gasteiger partial charge is 0.337 e. The van der Waals surface area contributed by atoms with Gasteiger partial charge < -0.3 is 9.47 Å². The van der Waals surface area contributed by atoms with Crippen molar-refractivity contribution in [2.75, 3.05) is 46.4 Å². The minimum absolute atomic E-state index is 0.290. The first-order chi connectivity index (χ1) is 16.7. The Balaban J connectivity index is 1.17. The van der Waals surface area contributed by atoms with Crippen LogP contribution in [0.3, 0.4) is 0 Å². The molecule has 0 amide bonds. The summed E-state index contributed by atoms with van der Waals surface area (Å²) >= 11 is 0. The zero-order valence-corrected chi connectivity index (χ0v) is 20.0. The van der Waals surface area contributed by atoms with Crippen molar-refractivity contribution in [1.29, 1.82) is 0 Å². The van der Waals surface area contributed by atoms with Gasteiger partial charge >= 0.3 is 5.97 Å². The summed E-state index contributed by atoms with van der Waals surface area (Å²) in [5.74, 6) is 0.644. The molecule has 0 aliphatic carbocycles. The Hall–Kier alpha value is -3.15. The molecular formula is C29H34N2O3. The average molecular weight is 459 g/mol. The van der Waals surface area contributed by atoms with Crippen LogP contribution in [0.2, 0.25) is 0 Å². The molecule has 34 heavy (non-hydrogen) atoms. The topological polar surface area (TPSA) is 42.0 Å². The SMILES string of the molecule is COC(=O)c1ccc(CN2CCCN(CCOc3ccc(Cc4ccccc4)cc3)CC2)cc1. The van der Waals surface area contributed by atoms with Crippen LogP contribution in [0.25, 0.3) is 0 Å². The fourth-order valence-corrected chi connectivity index (χ4v) is 4.36. The molecule has 0 N–H and O–H groups in total. The molecule has 5 heteroatoms. The fraction of sp³-hybridized carbons (Fsp3) is 0.345. The highest BCUT2D eigenvalue weighted by atomic mass is 16.5. The Labute approximate surface area is 202 Å². The van der Waals surface area contributed by atoms with Crippen LogP contribution in [0.4, 0.5) is 0 Å². The summed E-state index contributed by atoms with van der Waals surface area (Å²) < 4.78 is 10.8. The van der Waals surface area contributed by atoms with Gasteiger partial charge in [-0.2, -0.15) is 0 Å². The summed E-state index contributed by atoms with van der Waals surface area (Å²) in [6.07, 6.45) is 2.09. The number of ether oxygens (including phenoxy) is 2. The first kappa shape index (κ1) is 24.0. The third-order valence-electron chi connectivity index (χ3n) is 6.31. The zero-order chi connectivity index (χ0) is 23.6. The monoisotopic (exact) mass is 458 g/mol. The van der Waals surface area contributed by atoms with Crippen LogP contribution < -0.4 is 4.74 Å². The lowest BCUT2D eigenvalue weighted by atomic mass is 10.1. The highest BCUT2D eigenvalue weighted by Gasteiger charge is 2.15. The predicted octanol–water partition coefficient (Wildman–Crippen LogP) is 4.65. The van der Waals surface area contributed by atoms with E-state index in [4.69, 9.17) is 9.47 Å². The van der Waals surface area contributed by atoms with Crippen molar-refractivity contribution in [3.8, 4) is 5.75 Å². The van der Waals surface area contributed by atoms with Crippen molar-refractivity contribution < 1.29 is 14.3 Å². The van der Waals surface area contributed by atoms with Crippen molar-refractivity contribution in [2.45, 2.75) is 19.4 Å². The molecule has 1 aliphatic heterocycles. The minimum atomic E-state index is -0.290. The third kappa shape index (κ3) is 7.17. The summed E-state index contributed by atoms with van der Waals surface area (Å²) in [5.41, 5.74) is 4.44. The second kappa shape index (κ2) is 12.4. The van der Waals surface area contributed by atoms with E-state index < -0.39 is 0 Å². The zero-order valence-electron chi connectivity index (χ0n) is 20.0. The Bertz CT molecular complexity index is 1020. The number of benzene rings is 3. The molecule has 0 bridgehead atoms. The molecule has 0 aromatic heterocycles. The molecule has 3 aromatic carbocycles. The van der Waals surface area contributed by atoms with Crippen molar-refractivity contribution in [3.63, 3.8) is 0 Å². The van der Waals surface area contributed by atoms with Crippen LogP contribution in [-0.2, 0) is 17.7 Å². The number of rotatable bonds is 9. The van der Waals surface area contributed by atoms with Gasteiger partial charge in [0, 0.05) is 26.2 Å². The second-order valence-corrected chi connectivity index (χ2v) is 8.81. The van der Waals surface area contributed by atoms with Crippen LogP contribution in [0, 0.1) is 0 Å². The lowest BCUT2D eigenvalue weighted by molar-refractivity contribution is 0.0600. The van der Waals surface area contributed by atoms with E-state index in [9.17, 15) is 4.79 Å². The number of esters is 1. The molecule has 0 spiro atoms. The van der Waals surface area contributed by atoms with E-state index in [0.29, 0.717) is 12.2 Å². The van der Waals surface area contributed by atoms with Gasteiger partial charge in [-0.1, -0.05) is 54.6 Å². The molecule has 5 nitrogen and oxygen atoms in total. The van der Waals surface area contributed by atoms with E-state index in [2.05, 4.69) is 64.4 Å². The second-order valence-electron chi connectivity index (χ2n) is 8.81. The Morgan fingerprint density at radius 1 is 0.765 bits per heavy atom. The number of methoxy groups -OCH3 is 1. The third-order valence-corrected chi connectivity index (χ3v) is 6.31. The molecule has 0 saturated carbocycles. The maximum Gasteiger partial charge on any atom is 0.337 e. The van der Waals surface area contributed by atoms with Gasteiger partial charge in [-0.15, -0.1) is 0 Å². The van der Waals surface area contributed by atoms with Crippen LogP contribution in [0.1, 0.15) is 33.5 Å². The van der Waals surface area contributed by atoms with E-state index in [1.807, 2.05) is 24.3 Å². The quantitative estimate of drug-likeness (QED) is 0.437. The van der Waals surface area contributed by atoms with E-state index in [1.54, 1.807) is 0 Å². The van der Waals surface area contributed by atoms with Crippen molar-refractivity contribution >= 4 is 5.97 Å². The van der Waals surface area contributed by atoms with Crippen molar-refractivity contribution in [1.82, 2.24) is 9.80 Å². The summed E-state index contributed by atoms with van der Waals surface area (Å²) in [6.45, 7) is 6.80. The molecule has 3 aromatic rings. The molecule has 1 fully saturated rings. The molecule has 0 atom stereocenters. The van der Waals surface area contributed by atoms with E-state index in [0.717, 1.165) is 57.9 Å². The first-order valence-corrected chi connectivity index (χ1v) is 12.1. The Morgan fingerprint density at radius 3 is 2.15 bits per heavy atom. The largest absolute Gasteiger partial charge is 0.492 e. The standard InChI is InChI=1S/C29H34N2O3/c1-33-29(32)27-12-8-26(9-13-27)23-31-17-5-16-30(18-19-31)20-21-34-28-14-10-25(11-15-28)22-24-6-3-2-4-7-24/h2-4,6-15H,5,16-23H2,1H3. The number of hydrogen-bond acceptors (Lipinski definition) is 5. The van der Waals surface area contributed by atoms with Crippen molar-refractivity contribution in [2.24, 2.45) is 0 Å². The lowest BCUT2D eigenvalue weighted by Crippen LogP contribution is -2.33. The normalized spacial score (nSPS) is 15.0.